The van der Waals surface area contributed by atoms with Gasteiger partial charge in [-0.05, 0) is 99.6 Å². The van der Waals surface area contributed by atoms with Crippen molar-refractivity contribution < 1.29 is 19.1 Å². The van der Waals surface area contributed by atoms with Gasteiger partial charge in [-0.3, -0.25) is 19.8 Å². The highest BCUT2D eigenvalue weighted by molar-refractivity contribution is 7.80. The van der Waals surface area contributed by atoms with Gasteiger partial charge in [0.1, 0.15) is 5.57 Å². The highest BCUT2D eigenvalue weighted by atomic mass is 32.1. The largest absolute Gasteiger partial charge is 0.462 e. The molecule has 0 atom stereocenters. The first-order chi connectivity index (χ1) is 16.7. The van der Waals surface area contributed by atoms with E-state index >= 15 is 0 Å². The zero-order valence-electron chi connectivity index (χ0n) is 19.9. The molecule has 1 aliphatic rings. The molecule has 1 aliphatic heterocycles. The van der Waals surface area contributed by atoms with Gasteiger partial charge in [-0.1, -0.05) is 12.1 Å². The number of esters is 1. The van der Waals surface area contributed by atoms with Crippen LogP contribution in [0.3, 0.4) is 0 Å². The smallest absolute Gasteiger partial charge is 0.338 e. The van der Waals surface area contributed by atoms with Crippen molar-refractivity contribution in [1.82, 2.24) is 9.88 Å². The number of thiocarbonyl (C=S) groups is 1. The molecule has 0 spiro atoms. The van der Waals surface area contributed by atoms with Crippen molar-refractivity contribution in [3.63, 3.8) is 0 Å². The number of carbonyl (C=O) groups excluding carboxylic acids is 3. The molecule has 1 saturated heterocycles. The number of benzene rings is 2. The summed E-state index contributed by atoms with van der Waals surface area (Å²) < 4.78 is 7.04. The van der Waals surface area contributed by atoms with E-state index in [4.69, 9.17) is 17.0 Å². The van der Waals surface area contributed by atoms with Crippen LogP contribution < -0.4 is 10.2 Å². The SMILES string of the molecule is CCOC(=O)c1ccc(-n2c(C)cc(/C=C3\C(=O)NC(=S)N(c4cccc(C)c4)C3=O)c2C)cc1. The Balaban J connectivity index is 1.70. The van der Waals surface area contributed by atoms with E-state index < -0.39 is 11.8 Å². The van der Waals surface area contributed by atoms with Gasteiger partial charge in [-0.25, -0.2) is 4.79 Å². The highest BCUT2D eigenvalue weighted by Gasteiger charge is 2.34. The molecular weight excluding hydrogens is 462 g/mol. The monoisotopic (exact) mass is 487 g/mol. The average molecular weight is 488 g/mol. The van der Waals surface area contributed by atoms with Crippen molar-refractivity contribution >= 4 is 46.9 Å². The van der Waals surface area contributed by atoms with E-state index in [9.17, 15) is 14.4 Å². The molecule has 1 aromatic heterocycles. The maximum Gasteiger partial charge on any atom is 0.338 e. The van der Waals surface area contributed by atoms with E-state index in [2.05, 4.69) is 5.32 Å². The van der Waals surface area contributed by atoms with Gasteiger partial charge in [0.2, 0.25) is 0 Å². The zero-order valence-corrected chi connectivity index (χ0v) is 20.7. The van der Waals surface area contributed by atoms with Crippen molar-refractivity contribution in [3.8, 4) is 5.69 Å². The van der Waals surface area contributed by atoms with E-state index in [0.717, 1.165) is 28.2 Å². The third kappa shape index (κ3) is 4.65. The standard InChI is InChI=1S/C27H25N3O4S/c1-5-34-26(33)19-9-11-21(12-10-19)29-17(3)14-20(18(29)4)15-23-24(31)28-27(35)30(25(23)32)22-8-6-7-16(2)13-22/h6-15H,5H2,1-4H3,(H,28,31,35)/b23-15+. The van der Waals surface area contributed by atoms with Gasteiger partial charge >= 0.3 is 5.97 Å². The van der Waals surface area contributed by atoms with Crippen LogP contribution in [0, 0.1) is 20.8 Å². The molecule has 4 rings (SSSR count). The number of carbonyl (C=O) groups is 3. The van der Waals surface area contributed by atoms with E-state index in [1.165, 1.54) is 4.90 Å². The maximum atomic E-state index is 13.3. The molecule has 2 heterocycles. The van der Waals surface area contributed by atoms with Gasteiger partial charge in [0.15, 0.2) is 5.11 Å². The van der Waals surface area contributed by atoms with Gasteiger partial charge in [-0.2, -0.15) is 0 Å². The zero-order chi connectivity index (χ0) is 25.3. The Morgan fingerprint density at radius 2 is 1.74 bits per heavy atom. The first kappa shape index (κ1) is 24.1. The lowest BCUT2D eigenvalue weighted by Crippen LogP contribution is -2.54. The number of hydrogen-bond acceptors (Lipinski definition) is 5. The van der Waals surface area contributed by atoms with Crippen LogP contribution in [-0.4, -0.2) is 34.1 Å². The van der Waals surface area contributed by atoms with Crippen molar-refractivity contribution in [2.75, 3.05) is 11.5 Å². The summed E-state index contributed by atoms with van der Waals surface area (Å²) in [6.07, 6.45) is 1.59. The molecule has 0 saturated carbocycles. The fraction of sp³-hybridized carbons (Fsp3) is 0.185. The molecule has 0 aliphatic carbocycles. The number of hydrogen-bond donors (Lipinski definition) is 1. The number of ether oxygens (including phenoxy) is 1. The topological polar surface area (TPSA) is 80.6 Å². The van der Waals surface area contributed by atoms with Crippen LogP contribution in [-0.2, 0) is 14.3 Å². The first-order valence-electron chi connectivity index (χ1n) is 11.2. The van der Waals surface area contributed by atoms with E-state index in [1.807, 2.05) is 61.7 Å². The summed E-state index contributed by atoms with van der Waals surface area (Å²) in [7, 11) is 0. The molecule has 0 bridgehead atoms. The molecule has 178 valence electrons. The van der Waals surface area contributed by atoms with Crippen LogP contribution in [0.15, 0.2) is 60.2 Å². The van der Waals surface area contributed by atoms with Crippen LogP contribution in [0.2, 0.25) is 0 Å². The molecular formula is C27H25N3O4S. The van der Waals surface area contributed by atoms with Gasteiger partial charge in [0.25, 0.3) is 11.8 Å². The van der Waals surface area contributed by atoms with Gasteiger partial charge in [-0.15, -0.1) is 0 Å². The summed E-state index contributed by atoms with van der Waals surface area (Å²) in [6.45, 7) is 7.84. The lowest BCUT2D eigenvalue weighted by atomic mass is 10.1. The van der Waals surface area contributed by atoms with Crippen LogP contribution in [0.25, 0.3) is 11.8 Å². The number of amides is 2. The van der Waals surface area contributed by atoms with Gasteiger partial charge in [0, 0.05) is 17.1 Å². The van der Waals surface area contributed by atoms with Crippen LogP contribution in [0.4, 0.5) is 5.69 Å². The Labute approximate surface area is 209 Å². The third-order valence-corrected chi connectivity index (χ3v) is 6.05. The minimum atomic E-state index is -0.535. The summed E-state index contributed by atoms with van der Waals surface area (Å²) in [5.74, 6) is -1.39. The molecule has 0 radical (unpaired) electrons. The number of aromatic nitrogens is 1. The predicted octanol–water partition coefficient (Wildman–Crippen LogP) is 4.41. The second-order valence-corrected chi connectivity index (χ2v) is 8.61. The third-order valence-electron chi connectivity index (χ3n) is 5.77. The van der Waals surface area contributed by atoms with Crippen LogP contribution >= 0.6 is 12.2 Å². The molecule has 1 fully saturated rings. The van der Waals surface area contributed by atoms with E-state index in [1.54, 1.807) is 31.2 Å². The number of anilines is 1. The fourth-order valence-electron chi connectivity index (χ4n) is 4.11. The summed E-state index contributed by atoms with van der Waals surface area (Å²) in [5, 5.41) is 2.68. The molecule has 35 heavy (non-hydrogen) atoms. The summed E-state index contributed by atoms with van der Waals surface area (Å²) >= 11 is 5.29. The second kappa shape index (κ2) is 9.68. The molecule has 1 N–H and O–H groups in total. The normalized spacial score (nSPS) is 14.9. The number of rotatable bonds is 5. The Hall–Kier alpha value is -4.04. The summed E-state index contributed by atoms with van der Waals surface area (Å²) in [5.41, 5.74) is 5.36. The molecule has 2 amide bonds. The Morgan fingerprint density at radius 3 is 2.40 bits per heavy atom. The van der Waals surface area contributed by atoms with Gasteiger partial charge < -0.3 is 9.30 Å². The fourth-order valence-corrected chi connectivity index (χ4v) is 4.39. The van der Waals surface area contributed by atoms with Crippen molar-refractivity contribution in [1.29, 1.82) is 0 Å². The van der Waals surface area contributed by atoms with E-state index in [-0.39, 0.29) is 16.7 Å². The lowest BCUT2D eigenvalue weighted by molar-refractivity contribution is -0.122. The number of nitrogens with one attached hydrogen (secondary N) is 1. The minimum Gasteiger partial charge on any atom is -0.462 e. The molecule has 8 heteroatoms. The van der Waals surface area contributed by atoms with Crippen molar-refractivity contribution in [3.05, 3.63) is 88.2 Å². The second-order valence-electron chi connectivity index (χ2n) is 8.23. The molecule has 0 unspecified atom stereocenters. The van der Waals surface area contributed by atoms with Crippen molar-refractivity contribution in [2.45, 2.75) is 27.7 Å². The lowest BCUT2D eigenvalue weighted by Gasteiger charge is -2.29. The molecule has 2 aromatic carbocycles. The Bertz CT molecular complexity index is 1390. The first-order valence-corrected chi connectivity index (χ1v) is 11.6. The van der Waals surface area contributed by atoms with Gasteiger partial charge in [0.05, 0.1) is 17.9 Å². The number of aryl methyl sites for hydroxylation is 2. The Morgan fingerprint density at radius 1 is 1.03 bits per heavy atom. The molecule has 3 aromatic rings. The predicted molar refractivity (Wildman–Crippen MR) is 139 cm³/mol. The highest BCUT2D eigenvalue weighted by Crippen LogP contribution is 2.26. The Kier molecular flexibility index (Phi) is 6.66. The quantitative estimate of drug-likeness (QED) is 0.250. The maximum absolute atomic E-state index is 13.3. The average Bonchev–Trinajstić information content (AvgIpc) is 3.09. The minimum absolute atomic E-state index is 0.00184. The number of nitrogens with zero attached hydrogens (tertiary/aromatic N) is 2. The summed E-state index contributed by atoms with van der Waals surface area (Å²) in [4.78, 5) is 39.4. The van der Waals surface area contributed by atoms with Crippen molar-refractivity contribution in [2.24, 2.45) is 0 Å². The van der Waals surface area contributed by atoms with E-state index in [0.29, 0.717) is 17.9 Å². The summed E-state index contributed by atoms with van der Waals surface area (Å²) in [6, 6.07) is 16.4. The van der Waals surface area contributed by atoms with Crippen LogP contribution in [0.5, 0.6) is 0 Å². The van der Waals surface area contributed by atoms with Crippen LogP contribution in [0.1, 0.15) is 39.8 Å². The molecule has 7 nitrogen and oxygen atoms in total.